The molecular formula is C18H22N8O3S3. The Morgan fingerprint density at radius 1 is 1.28 bits per heavy atom. The highest BCUT2D eigenvalue weighted by molar-refractivity contribution is 7.93. The van der Waals surface area contributed by atoms with Crippen LogP contribution in [-0.2, 0) is 20.8 Å². The Balaban J connectivity index is 2.10. The number of nitrogens with two attached hydrogens (primary N) is 4. The zero-order valence-corrected chi connectivity index (χ0v) is 19.4. The summed E-state index contributed by atoms with van der Waals surface area (Å²) in [5.41, 5.74) is 17.0. The van der Waals surface area contributed by atoms with Crippen LogP contribution in [0.2, 0.25) is 0 Å². The molecule has 11 nitrogen and oxygen atoms in total. The molecule has 0 spiro atoms. The van der Waals surface area contributed by atoms with E-state index in [-0.39, 0.29) is 21.2 Å². The van der Waals surface area contributed by atoms with E-state index < -0.39 is 26.1 Å². The highest BCUT2D eigenvalue weighted by Gasteiger charge is 2.37. The molecular weight excluding hydrogens is 472 g/mol. The van der Waals surface area contributed by atoms with Crippen molar-refractivity contribution in [3.63, 3.8) is 0 Å². The number of aromatic nitrogens is 1. The zero-order chi connectivity index (χ0) is 23.2. The third-order valence-electron chi connectivity index (χ3n) is 5.30. The van der Waals surface area contributed by atoms with E-state index in [0.717, 1.165) is 10.3 Å². The van der Waals surface area contributed by atoms with E-state index in [1.807, 2.05) is 19.1 Å². The van der Waals surface area contributed by atoms with Crippen LogP contribution in [0.4, 0.5) is 5.13 Å². The molecule has 0 bridgehead atoms. The van der Waals surface area contributed by atoms with E-state index in [0.29, 0.717) is 34.9 Å². The molecule has 1 aliphatic rings. The summed E-state index contributed by atoms with van der Waals surface area (Å²) in [6, 6.07) is 6.68. The fraction of sp³-hybridized carbons (Fsp3) is 0.222. The Kier molecular flexibility index (Phi) is 5.91. The quantitative estimate of drug-likeness (QED) is 0.115. The maximum Gasteiger partial charge on any atom is 0.185 e. The van der Waals surface area contributed by atoms with E-state index in [2.05, 4.69) is 20.9 Å². The topological polar surface area (TPSA) is 205 Å². The minimum Gasteiger partial charge on any atom is -0.382 e. The van der Waals surface area contributed by atoms with Crippen LogP contribution >= 0.6 is 11.3 Å². The molecule has 4 rings (SSSR count). The molecule has 14 heteroatoms. The van der Waals surface area contributed by atoms with Gasteiger partial charge in [0.15, 0.2) is 20.8 Å². The minimum absolute atomic E-state index is 0.105. The third kappa shape index (κ3) is 3.64. The van der Waals surface area contributed by atoms with Crippen molar-refractivity contribution in [1.82, 2.24) is 15.8 Å². The number of benzene rings is 2. The second kappa shape index (κ2) is 8.38. The van der Waals surface area contributed by atoms with Crippen LogP contribution in [-0.4, -0.2) is 41.8 Å². The summed E-state index contributed by atoms with van der Waals surface area (Å²) >= 11 is 1.33. The van der Waals surface area contributed by atoms with Crippen molar-refractivity contribution in [3.8, 4) is 11.1 Å². The Hall–Kier alpha value is -2.62. The molecule has 1 unspecified atom stereocenters. The highest BCUT2D eigenvalue weighted by atomic mass is 32.2. The number of anilines is 1. The zero-order valence-electron chi connectivity index (χ0n) is 17.0. The monoisotopic (exact) mass is 494 g/mol. The van der Waals surface area contributed by atoms with Crippen molar-refractivity contribution >= 4 is 53.3 Å². The third-order valence-corrected chi connectivity index (χ3v) is 9.44. The standard InChI is InChI=1S/C18H22N8O3S3/c1-8-2-3-11(14-15(8)30-18(20)24-14)10-4-5-12(32(28,29)9-6-23-7-9)16(31(22)27)13(10)17(19)25-26-21/h2-5,9,23,26H,6-7,21-22H2,1H3,(H2,19,25)(H2,20,24). The Bertz CT molecular complexity index is 1380. The van der Waals surface area contributed by atoms with E-state index >= 15 is 0 Å². The second-order valence-corrected chi connectivity index (χ2v) is 11.5. The number of amidine groups is 1. The van der Waals surface area contributed by atoms with Gasteiger partial charge in [0.25, 0.3) is 0 Å². The molecule has 2 aromatic carbocycles. The van der Waals surface area contributed by atoms with Crippen LogP contribution in [0, 0.1) is 6.92 Å². The van der Waals surface area contributed by atoms with Crippen LogP contribution in [0.1, 0.15) is 11.1 Å². The fourth-order valence-electron chi connectivity index (χ4n) is 3.62. The number of nitrogen functional groups attached to an aromatic ring is 1. The SMILES string of the molecule is Cc1ccc(-c2ccc(S(=O)(=O)C3CNC3)c(S(N)=O)c2/C(N)=N/NN)c2nc(N)sc12. The summed E-state index contributed by atoms with van der Waals surface area (Å²) < 4.78 is 40.0. The van der Waals surface area contributed by atoms with Gasteiger partial charge in [-0.15, -0.1) is 5.10 Å². The molecule has 2 heterocycles. The number of fused-ring (bicyclic) bond motifs is 1. The Labute approximate surface area is 190 Å². The predicted molar refractivity (Wildman–Crippen MR) is 127 cm³/mol. The van der Waals surface area contributed by atoms with E-state index in [9.17, 15) is 12.6 Å². The van der Waals surface area contributed by atoms with Gasteiger partial charge in [-0.05, 0) is 24.1 Å². The predicted octanol–water partition coefficient (Wildman–Crippen LogP) is -0.336. The lowest BCUT2D eigenvalue weighted by Crippen LogP contribution is -2.51. The first kappa shape index (κ1) is 22.6. The van der Waals surface area contributed by atoms with Crippen LogP contribution in [0.25, 0.3) is 21.3 Å². The van der Waals surface area contributed by atoms with Crippen molar-refractivity contribution in [2.45, 2.75) is 22.0 Å². The number of nitrogens with one attached hydrogen (secondary N) is 2. The van der Waals surface area contributed by atoms with Gasteiger partial charge in [-0.3, -0.25) is 0 Å². The molecule has 0 saturated carbocycles. The molecule has 0 aliphatic carbocycles. The van der Waals surface area contributed by atoms with Gasteiger partial charge in [0.2, 0.25) is 0 Å². The number of rotatable bonds is 6. The van der Waals surface area contributed by atoms with Gasteiger partial charge >= 0.3 is 0 Å². The maximum absolute atomic E-state index is 13.2. The highest BCUT2D eigenvalue weighted by Crippen LogP contribution is 2.39. The van der Waals surface area contributed by atoms with E-state index in [1.54, 1.807) is 6.07 Å². The molecule has 3 aromatic rings. The number of hydrazine groups is 1. The molecule has 1 fully saturated rings. The average molecular weight is 495 g/mol. The van der Waals surface area contributed by atoms with Crippen molar-refractivity contribution < 1.29 is 12.6 Å². The lowest BCUT2D eigenvalue weighted by atomic mass is 9.97. The number of hydrogen-bond acceptors (Lipinski definition) is 10. The lowest BCUT2D eigenvalue weighted by Gasteiger charge is -2.28. The summed E-state index contributed by atoms with van der Waals surface area (Å²) in [5.74, 6) is 5.15. The summed E-state index contributed by atoms with van der Waals surface area (Å²) in [5, 5.41) is 12.3. The number of thiazole rings is 1. The van der Waals surface area contributed by atoms with Gasteiger partial charge in [0, 0.05) is 24.2 Å². The first-order valence-corrected chi connectivity index (χ1v) is 13.0. The first-order chi connectivity index (χ1) is 15.2. The maximum atomic E-state index is 13.2. The lowest BCUT2D eigenvalue weighted by molar-refractivity contribution is 0.494. The first-order valence-electron chi connectivity index (χ1n) is 9.39. The van der Waals surface area contributed by atoms with Gasteiger partial charge in [0.1, 0.15) is 11.0 Å². The number of sulfone groups is 1. The van der Waals surface area contributed by atoms with Gasteiger partial charge in [0.05, 0.1) is 25.3 Å². The molecule has 10 N–H and O–H groups in total. The summed E-state index contributed by atoms with van der Waals surface area (Å²) in [7, 11) is -6.03. The molecule has 0 amide bonds. The van der Waals surface area contributed by atoms with Crippen molar-refractivity contribution in [2.75, 3.05) is 18.8 Å². The summed E-state index contributed by atoms with van der Waals surface area (Å²) in [6.07, 6.45) is 0. The summed E-state index contributed by atoms with van der Waals surface area (Å²) in [6.45, 7) is 2.52. The number of hydrazone groups is 1. The average Bonchev–Trinajstić information content (AvgIpc) is 3.08. The smallest absolute Gasteiger partial charge is 0.185 e. The van der Waals surface area contributed by atoms with Gasteiger partial charge in [-0.2, -0.15) is 0 Å². The van der Waals surface area contributed by atoms with E-state index in [1.165, 1.54) is 17.4 Å². The molecule has 170 valence electrons. The number of hydrogen-bond donors (Lipinski definition) is 6. The van der Waals surface area contributed by atoms with Crippen LogP contribution < -0.4 is 33.3 Å². The molecule has 1 aromatic heterocycles. The van der Waals surface area contributed by atoms with Gasteiger partial charge in [-0.25, -0.2) is 34.1 Å². The second-order valence-electron chi connectivity index (χ2n) is 7.22. The number of nitrogens with zero attached hydrogens (tertiary/aromatic N) is 2. The summed E-state index contributed by atoms with van der Waals surface area (Å²) in [4.78, 5) is 4.15. The molecule has 32 heavy (non-hydrogen) atoms. The molecule has 1 aliphatic heterocycles. The molecule has 1 atom stereocenters. The van der Waals surface area contributed by atoms with Crippen LogP contribution in [0.15, 0.2) is 39.2 Å². The Morgan fingerprint density at radius 3 is 2.56 bits per heavy atom. The minimum atomic E-state index is -3.82. The molecule has 1 saturated heterocycles. The van der Waals surface area contributed by atoms with Gasteiger partial charge < -0.3 is 16.8 Å². The van der Waals surface area contributed by atoms with Crippen LogP contribution in [0.5, 0.6) is 0 Å². The Morgan fingerprint density at radius 2 is 1.97 bits per heavy atom. The normalized spacial score (nSPS) is 16.2. The van der Waals surface area contributed by atoms with E-state index in [4.69, 9.17) is 22.4 Å². The van der Waals surface area contributed by atoms with Crippen molar-refractivity contribution in [1.29, 1.82) is 0 Å². The largest absolute Gasteiger partial charge is 0.382 e. The fourth-order valence-corrected chi connectivity index (χ4v) is 7.38. The van der Waals surface area contributed by atoms with Gasteiger partial charge in [-0.1, -0.05) is 29.5 Å². The van der Waals surface area contributed by atoms with Crippen molar-refractivity contribution in [3.05, 3.63) is 35.4 Å². The molecule has 0 radical (unpaired) electrons. The van der Waals surface area contributed by atoms with Crippen LogP contribution in [0.3, 0.4) is 0 Å². The van der Waals surface area contributed by atoms with Crippen molar-refractivity contribution in [2.24, 2.45) is 21.8 Å². The number of aryl methyl sites for hydroxylation is 1.